The lowest BCUT2D eigenvalue weighted by Gasteiger charge is -2.31. The van der Waals surface area contributed by atoms with Crippen LogP contribution in [0.4, 0.5) is 10.5 Å². The highest BCUT2D eigenvalue weighted by Gasteiger charge is 2.31. The number of amides is 2. The van der Waals surface area contributed by atoms with Gasteiger partial charge in [0, 0.05) is 15.7 Å². The Labute approximate surface area is 134 Å². The number of rotatable bonds is 5. The number of halogens is 2. The summed E-state index contributed by atoms with van der Waals surface area (Å²) in [6, 6.07) is 4.39. The fraction of sp³-hybridized carbons (Fsp3) is 0.385. The Morgan fingerprint density at radius 2 is 1.75 bits per heavy atom. The van der Waals surface area contributed by atoms with Crippen LogP contribution in [0.25, 0.3) is 0 Å². The van der Waals surface area contributed by atoms with Crippen molar-refractivity contribution >= 4 is 52.1 Å². The largest absolute Gasteiger partial charge is 0.391 e. The van der Waals surface area contributed by atoms with Crippen LogP contribution < -0.4 is 16.4 Å². The monoisotopic (exact) mass is 333 g/mol. The first-order chi connectivity index (χ1) is 9.32. The van der Waals surface area contributed by atoms with Gasteiger partial charge in [0.1, 0.15) is 0 Å². The number of hydrogen-bond donors (Lipinski definition) is 3. The number of anilines is 1. The first kappa shape index (κ1) is 17.0. The SMILES string of the molecule is CCC(CC)(NC(=O)Nc1cc(Cl)cc(Cl)c1)C(N)=S. The Morgan fingerprint density at radius 1 is 1.25 bits per heavy atom. The third-order valence-corrected chi connectivity index (χ3v) is 3.98. The Hall–Kier alpha value is -1.04. The van der Waals surface area contributed by atoms with Gasteiger partial charge >= 0.3 is 6.03 Å². The van der Waals surface area contributed by atoms with Gasteiger partial charge in [-0.1, -0.05) is 49.3 Å². The van der Waals surface area contributed by atoms with Gasteiger partial charge < -0.3 is 16.4 Å². The van der Waals surface area contributed by atoms with E-state index in [0.29, 0.717) is 28.6 Å². The lowest BCUT2D eigenvalue weighted by atomic mass is 9.93. The molecule has 0 aliphatic heterocycles. The number of carbonyl (C=O) groups excluding carboxylic acids is 1. The van der Waals surface area contributed by atoms with Gasteiger partial charge in [0.25, 0.3) is 0 Å². The normalized spacial score (nSPS) is 11.0. The maximum Gasteiger partial charge on any atom is 0.320 e. The summed E-state index contributed by atoms with van der Waals surface area (Å²) in [5.74, 6) is 0. The van der Waals surface area contributed by atoms with E-state index >= 15 is 0 Å². The molecule has 20 heavy (non-hydrogen) atoms. The van der Waals surface area contributed by atoms with Crippen LogP contribution >= 0.6 is 35.4 Å². The van der Waals surface area contributed by atoms with E-state index in [4.69, 9.17) is 41.2 Å². The predicted octanol–water partition coefficient (Wildman–Crippen LogP) is 3.96. The topological polar surface area (TPSA) is 67.2 Å². The summed E-state index contributed by atoms with van der Waals surface area (Å²) in [4.78, 5) is 12.3. The van der Waals surface area contributed by atoms with E-state index in [9.17, 15) is 4.79 Å². The molecule has 0 fully saturated rings. The number of nitrogens with one attached hydrogen (secondary N) is 2. The minimum absolute atomic E-state index is 0.266. The number of thiocarbonyl (C=S) groups is 1. The number of benzene rings is 1. The highest BCUT2D eigenvalue weighted by atomic mass is 35.5. The number of carbonyl (C=O) groups is 1. The van der Waals surface area contributed by atoms with Crippen LogP contribution in [0.5, 0.6) is 0 Å². The van der Waals surface area contributed by atoms with E-state index in [1.54, 1.807) is 18.2 Å². The highest BCUT2D eigenvalue weighted by molar-refractivity contribution is 7.80. The Morgan fingerprint density at radius 3 is 2.15 bits per heavy atom. The zero-order valence-corrected chi connectivity index (χ0v) is 13.6. The summed E-state index contributed by atoms with van der Waals surface area (Å²) >= 11 is 16.8. The van der Waals surface area contributed by atoms with Crippen molar-refractivity contribution in [1.29, 1.82) is 0 Å². The quantitative estimate of drug-likeness (QED) is 0.714. The second kappa shape index (κ2) is 7.11. The molecule has 0 unspecified atom stereocenters. The molecule has 110 valence electrons. The zero-order chi connectivity index (χ0) is 15.3. The number of hydrogen-bond acceptors (Lipinski definition) is 2. The van der Waals surface area contributed by atoms with E-state index in [-0.39, 0.29) is 4.99 Å². The van der Waals surface area contributed by atoms with Crippen molar-refractivity contribution in [2.24, 2.45) is 5.73 Å². The molecular formula is C13H17Cl2N3OS. The van der Waals surface area contributed by atoms with Gasteiger partial charge in [0.05, 0.1) is 10.5 Å². The second-order valence-corrected chi connectivity index (χ2v) is 5.70. The molecule has 1 rings (SSSR count). The van der Waals surface area contributed by atoms with Crippen molar-refractivity contribution < 1.29 is 4.79 Å². The average molecular weight is 334 g/mol. The summed E-state index contributed by atoms with van der Waals surface area (Å²) < 4.78 is 0. The van der Waals surface area contributed by atoms with Gasteiger partial charge in [-0.2, -0.15) is 0 Å². The van der Waals surface area contributed by atoms with Crippen LogP contribution in [-0.4, -0.2) is 16.6 Å². The molecule has 0 radical (unpaired) electrons. The van der Waals surface area contributed by atoms with Crippen LogP contribution in [-0.2, 0) is 0 Å². The van der Waals surface area contributed by atoms with Gasteiger partial charge in [-0.05, 0) is 31.0 Å². The molecule has 0 atom stereocenters. The van der Waals surface area contributed by atoms with Gasteiger partial charge in [-0.15, -0.1) is 0 Å². The highest BCUT2D eigenvalue weighted by Crippen LogP contribution is 2.23. The number of nitrogens with two attached hydrogens (primary N) is 1. The van der Waals surface area contributed by atoms with E-state index < -0.39 is 11.6 Å². The van der Waals surface area contributed by atoms with Crippen molar-refractivity contribution in [3.8, 4) is 0 Å². The first-order valence-corrected chi connectivity index (χ1v) is 7.34. The van der Waals surface area contributed by atoms with E-state index in [1.807, 2.05) is 13.8 Å². The molecule has 0 saturated carbocycles. The van der Waals surface area contributed by atoms with Crippen LogP contribution in [0.2, 0.25) is 10.0 Å². The van der Waals surface area contributed by atoms with Gasteiger partial charge in [0.2, 0.25) is 0 Å². The number of urea groups is 1. The molecule has 1 aromatic carbocycles. The summed E-state index contributed by atoms with van der Waals surface area (Å²) in [5.41, 5.74) is 5.54. The lowest BCUT2D eigenvalue weighted by Crippen LogP contribution is -2.57. The summed E-state index contributed by atoms with van der Waals surface area (Å²) in [5, 5.41) is 6.37. The van der Waals surface area contributed by atoms with Crippen molar-refractivity contribution in [2.45, 2.75) is 32.2 Å². The van der Waals surface area contributed by atoms with Gasteiger partial charge in [-0.25, -0.2) is 4.79 Å². The smallest absolute Gasteiger partial charge is 0.320 e. The van der Waals surface area contributed by atoms with Gasteiger partial charge in [0.15, 0.2) is 0 Å². The van der Waals surface area contributed by atoms with E-state index in [1.165, 1.54) is 0 Å². The Balaban J connectivity index is 2.83. The van der Waals surface area contributed by atoms with Crippen molar-refractivity contribution in [3.05, 3.63) is 28.2 Å². The molecule has 7 heteroatoms. The fourth-order valence-corrected chi connectivity index (χ4v) is 2.71. The van der Waals surface area contributed by atoms with Gasteiger partial charge in [-0.3, -0.25) is 0 Å². The van der Waals surface area contributed by atoms with Crippen molar-refractivity contribution in [2.75, 3.05) is 5.32 Å². The first-order valence-electron chi connectivity index (χ1n) is 6.18. The van der Waals surface area contributed by atoms with Crippen LogP contribution in [0.1, 0.15) is 26.7 Å². The third kappa shape index (κ3) is 4.23. The lowest BCUT2D eigenvalue weighted by molar-refractivity contribution is 0.243. The van der Waals surface area contributed by atoms with Crippen molar-refractivity contribution in [1.82, 2.24) is 5.32 Å². The summed E-state index contributed by atoms with van der Waals surface area (Å²) in [6.07, 6.45) is 1.23. The summed E-state index contributed by atoms with van der Waals surface area (Å²) in [6.45, 7) is 3.83. The second-order valence-electron chi connectivity index (χ2n) is 4.39. The molecule has 0 aliphatic carbocycles. The van der Waals surface area contributed by atoms with E-state index in [0.717, 1.165) is 0 Å². The standard InChI is InChI=1S/C13H17Cl2N3OS/c1-3-13(4-2,11(16)20)18-12(19)17-10-6-8(14)5-9(15)7-10/h5-7H,3-4H2,1-2H3,(H2,16,20)(H2,17,18,19). The molecule has 2 amide bonds. The fourth-order valence-electron chi connectivity index (χ4n) is 1.84. The summed E-state index contributed by atoms with van der Waals surface area (Å²) in [7, 11) is 0. The molecule has 0 bridgehead atoms. The Kier molecular flexibility index (Phi) is 6.05. The van der Waals surface area contributed by atoms with Crippen LogP contribution in [0.3, 0.4) is 0 Å². The molecule has 0 heterocycles. The van der Waals surface area contributed by atoms with Crippen molar-refractivity contribution in [3.63, 3.8) is 0 Å². The molecule has 0 saturated heterocycles. The van der Waals surface area contributed by atoms with Crippen LogP contribution in [0.15, 0.2) is 18.2 Å². The maximum absolute atomic E-state index is 12.0. The molecular weight excluding hydrogens is 317 g/mol. The maximum atomic E-state index is 12.0. The molecule has 4 nitrogen and oxygen atoms in total. The van der Waals surface area contributed by atoms with E-state index in [2.05, 4.69) is 10.6 Å². The average Bonchev–Trinajstić information content (AvgIpc) is 2.34. The Bertz CT molecular complexity index is 498. The van der Waals surface area contributed by atoms with Crippen LogP contribution in [0, 0.1) is 0 Å². The zero-order valence-electron chi connectivity index (χ0n) is 11.3. The molecule has 1 aromatic rings. The minimum Gasteiger partial charge on any atom is -0.391 e. The predicted molar refractivity (Wildman–Crippen MR) is 88.7 cm³/mol. The molecule has 0 aromatic heterocycles. The molecule has 0 aliphatic rings. The molecule has 0 spiro atoms. The minimum atomic E-state index is -0.693. The molecule has 4 N–H and O–H groups in total. The third-order valence-electron chi connectivity index (χ3n) is 3.15.